The largest absolute Gasteiger partial charge is 0.494 e. The van der Waals surface area contributed by atoms with Crippen molar-refractivity contribution in [2.24, 2.45) is 0 Å². The minimum absolute atomic E-state index is 0.216. The Hall–Kier alpha value is -2.32. The summed E-state index contributed by atoms with van der Waals surface area (Å²) in [6.45, 7) is 7.51. The summed E-state index contributed by atoms with van der Waals surface area (Å²) >= 11 is 0. The third-order valence-electron chi connectivity index (χ3n) is 5.08. The van der Waals surface area contributed by atoms with Gasteiger partial charge in [-0.2, -0.15) is 0 Å². The summed E-state index contributed by atoms with van der Waals surface area (Å²) in [6.07, 6.45) is 0.791. The number of benzene rings is 2. The summed E-state index contributed by atoms with van der Waals surface area (Å²) in [5.74, 6) is 7.45. The maximum atomic E-state index is 9.52. The average molecular weight is 379 g/mol. The normalized spacial score (nSPS) is 17.7. The van der Waals surface area contributed by atoms with Gasteiger partial charge in [-0.15, -0.1) is 0 Å². The molecule has 0 spiro atoms. The molecule has 0 unspecified atom stereocenters. The maximum absolute atomic E-state index is 9.52. The van der Waals surface area contributed by atoms with Gasteiger partial charge in [0.15, 0.2) is 0 Å². The molecule has 0 bridgehead atoms. The molecule has 1 saturated heterocycles. The number of ether oxygens (including phenoxy) is 1. The lowest BCUT2D eigenvalue weighted by Crippen LogP contribution is -2.52. The number of aliphatic hydroxyl groups is 1. The van der Waals surface area contributed by atoms with E-state index in [2.05, 4.69) is 33.8 Å². The number of nitrogens with zero attached hydrogens (tertiary/aromatic N) is 2. The molecule has 28 heavy (non-hydrogen) atoms. The zero-order valence-corrected chi connectivity index (χ0v) is 16.7. The highest BCUT2D eigenvalue weighted by molar-refractivity contribution is 5.33. The predicted molar refractivity (Wildman–Crippen MR) is 113 cm³/mol. The van der Waals surface area contributed by atoms with Crippen LogP contribution in [0, 0.1) is 11.8 Å². The quantitative estimate of drug-likeness (QED) is 0.752. The Kier molecular flexibility index (Phi) is 7.93. The molecule has 0 aromatic heterocycles. The van der Waals surface area contributed by atoms with Gasteiger partial charge in [0.05, 0.1) is 13.2 Å². The first-order chi connectivity index (χ1) is 13.8. The van der Waals surface area contributed by atoms with Crippen LogP contribution >= 0.6 is 0 Å². The summed E-state index contributed by atoms with van der Waals surface area (Å²) in [5.41, 5.74) is 2.34. The monoisotopic (exact) mass is 378 g/mol. The third kappa shape index (κ3) is 6.10. The van der Waals surface area contributed by atoms with Gasteiger partial charge in [-0.25, -0.2) is 0 Å². The lowest BCUT2D eigenvalue weighted by molar-refractivity contribution is 0.0605. The third-order valence-corrected chi connectivity index (χ3v) is 5.08. The van der Waals surface area contributed by atoms with E-state index in [4.69, 9.17) is 4.74 Å². The fourth-order valence-electron chi connectivity index (χ4n) is 3.60. The second kappa shape index (κ2) is 10.9. The van der Waals surface area contributed by atoms with Crippen LogP contribution in [0.1, 0.15) is 24.5 Å². The number of rotatable bonds is 7. The molecule has 4 nitrogen and oxygen atoms in total. The van der Waals surface area contributed by atoms with Crippen LogP contribution in [0.2, 0.25) is 0 Å². The Morgan fingerprint density at radius 3 is 2.57 bits per heavy atom. The molecule has 1 fully saturated rings. The van der Waals surface area contributed by atoms with Crippen molar-refractivity contribution in [2.45, 2.75) is 25.9 Å². The zero-order valence-electron chi connectivity index (χ0n) is 16.7. The van der Waals surface area contributed by atoms with Gasteiger partial charge < -0.3 is 9.84 Å². The molecule has 4 heteroatoms. The molecule has 0 aliphatic carbocycles. The van der Waals surface area contributed by atoms with E-state index in [1.165, 1.54) is 5.56 Å². The van der Waals surface area contributed by atoms with Crippen molar-refractivity contribution in [1.82, 2.24) is 9.80 Å². The van der Waals surface area contributed by atoms with Crippen LogP contribution in [-0.4, -0.2) is 60.3 Å². The van der Waals surface area contributed by atoms with Crippen molar-refractivity contribution in [3.63, 3.8) is 0 Å². The second-order valence-electron chi connectivity index (χ2n) is 7.12. The van der Waals surface area contributed by atoms with E-state index in [0.717, 1.165) is 50.5 Å². The number of hydrogen-bond donors (Lipinski definition) is 1. The lowest BCUT2D eigenvalue weighted by atomic mass is 10.1. The summed E-state index contributed by atoms with van der Waals surface area (Å²) in [4.78, 5) is 4.87. The summed E-state index contributed by atoms with van der Waals surface area (Å²) in [5, 5.41) is 9.52. The van der Waals surface area contributed by atoms with Gasteiger partial charge in [-0.05, 0) is 43.2 Å². The van der Waals surface area contributed by atoms with Crippen LogP contribution in [0.25, 0.3) is 0 Å². The van der Waals surface area contributed by atoms with Crippen molar-refractivity contribution < 1.29 is 9.84 Å². The highest BCUT2D eigenvalue weighted by Crippen LogP contribution is 2.18. The summed E-state index contributed by atoms with van der Waals surface area (Å²) in [6, 6.07) is 18.8. The fourth-order valence-corrected chi connectivity index (χ4v) is 3.60. The smallest absolute Gasteiger partial charge is 0.119 e. The van der Waals surface area contributed by atoms with Crippen LogP contribution in [0.5, 0.6) is 5.75 Å². The molecule has 1 heterocycles. The minimum Gasteiger partial charge on any atom is -0.494 e. The van der Waals surface area contributed by atoms with E-state index >= 15 is 0 Å². The van der Waals surface area contributed by atoms with E-state index in [0.29, 0.717) is 12.6 Å². The molecule has 3 rings (SSSR count). The Balaban J connectivity index is 1.55. The minimum atomic E-state index is 0.216. The van der Waals surface area contributed by atoms with Gasteiger partial charge in [0.1, 0.15) is 5.75 Å². The lowest BCUT2D eigenvalue weighted by Gasteiger charge is -2.40. The number of aliphatic hydroxyl groups excluding tert-OH is 1. The van der Waals surface area contributed by atoms with Crippen LogP contribution in [-0.2, 0) is 6.54 Å². The summed E-state index contributed by atoms with van der Waals surface area (Å²) < 4.78 is 5.53. The van der Waals surface area contributed by atoms with Gasteiger partial charge in [-0.3, -0.25) is 9.80 Å². The van der Waals surface area contributed by atoms with E-state index in [9.17, 15) is 5.11 Å². The first-order valence-electron chi connectivity index (χ1n) is 10.1. The van der Waals surface area contributed by atoms with E-state index in [1.807, 2.05) is 49.4 Å². The molecule has 0 radical (unpaired) electrons. The average Bonchev–Trinajstić information content (AvgIpc) is 2.72. The van der Waals surface area contributed by atoms with Crippen LogP contribution in [0.4, 0.5) is 0 Å². The van der Waals surface area contributed by atoms with Gasteiger partial charge in [0, 0.05) is 44.4 Å². The molecular weight excluding hydrogens is 348 g/mol. The maximum Gasteiger partial charge on any atom is 0.119 e. The van der Waals surface area contributed by atoms with Crippen LogP contribution in [0.15, 0.2) is 54.6 Å². The fraction of sp³-hybridized carbons (Fsp3) is 0.417. The Morgan fingerprint density at radius 2 is 1.86 bits per heavy atom. The predicted octanol–water partition coefficient (Wildman–Crippen LogP) is 3.01. The number of hydrogen-bond acceptors (Lipinski definition) is 4. The van der Waals surface area contributed by atoms with E-state index in [-0.39, 0.29) is 6.61 Å². The standard InChI is InChI=1S/C24H30N2O2/c1-2-28-24-12-10-22(11-13-24)19-26-17-16-25(20-23(26)14-18-27)15-6-9-21-7-4-3-5-8-21/h3-5,7-8,10-13,23,27H,2,14-20H2,1H3/t23-/m1/s1. The topological polar surface area (TPSA) is 35.9 Å². The van der Waals surface area contributed by atoms with Crippen molar-refractivity contribution in [3.8, 4) is 17.6 Å². The second-order valence-corrected chi connectivity index (χ2v) is 7.12. The molecule has 1 aliphatic rings. The summed E-state index contributed by atoms with van der Waals surface area (Å²) in [7, 11) is 0. The van der Waals surface area contributed by atoms with Gasteiger partial charge in [-0.1, -0.05) is 42.2 Å². The van der Waals surface area contributed by atoms with Gasteiger partial charge in [0.2, 0.25) is 0 Å². The highest BCUT2D eigenvalue weighted by atomic mass is 16.5. The zero-order chi connectivity index (χ0) is 19.6. The Labute approximate surface area is 168 Å². The van der Waals surface area contributed by atoms with Gasteiger partial charge >= 0.3 is 0 Å². The van der Waals surface area contributed by atoms with Crippen molar-refractivity contribution in [3.05, 3.63) is 65.7 Å². The van der Waals surface area contributed by atoms with Crippen LogP contribution in [0.3, 0.4) is 0 Å². The molecule has 1 N–H and O–H groups in total. The SMILES string of the molecule is CCOc1ccc(CN2CCN(CC#Cc3ccccc3)C[C@H]2CCO)cc1. The Bertz CT molecular complexity index is 765. The highest BCUT2D eigenvalue weighted by Gasteiger charge is 2.26. The molecule has 2 aromatic rings. The first-order valence-corrected chi connectivity index (χ1v) is 10.1. The van der Waals surface area contributed by atoms with Gasteiger partial charge in [0.25, 0.3) is 0 Å². The van der Waals surface area contributed by atoms with E-state index in [1.54, 1.807) is 0 Å². The number of piperazine rings is 1. The molecule has 0 amide bonds. The van der Waals surface area contributed by atoms with E-state index < -0.39 is 0 Å². The molecular formula is C24H30N2O2. The first kappa shape index (κ1) is 20.4. The molecule has 2 aromatic carbocycles. The molecule has 0 saturated carbocycles. The van der Waals surface area contributed by atoms with Crippen molar-refractivity contribution in [1.29, 1.82) is 0 Å². The van der Waals surface area contributed by atoms with Crippen molar-refractivity contribution in [2.75, 3.05) is 39.4 Å². The Morgan fingerprint density at radius 1 is 1.07 bits per heavy atom. The van der Waals surface area contributed by atoms with Crippen molar-refractivity contribution >= 4 is 0 Å². The van der Waals surface area contributed by atoms with Crippen LogP contribution < -0.4 is 4.74 Å². The molecule has 148 valence electrons. The molecule has 1 aliphatic heterocycles. The molecule has 1 atom stereocenters.